The van der Waals surface area contributed by atoms with Crippen molar-refractivity contribution in [3.8, 4) is 0 Å². The number of hydrogen-bond donors (Lipinski definition) is 3. The summed E-state index contributed by atoms with van der Waals surface area (Å²) in [5, 5.41) is 2.71. The number of sulfonamides is 1. The van der Waals surface area contributed by atoms with Gasteiger partial charge in [-0.2, -0.15) is 0 Å². The van der Waals surface area contributed by atoms with Crippen molar-refractivity contribution in [3.63, 3.8) is 0 Å². The zero-order valence-corrected chi connectivity index (χ0v) is 24.7. The minimum atomic E-state index is -3.44. The molecule has 4 N–H and O–H groups in total. The minimum Gasteiger partial charge on any atom is -0.444 e. The molecule has 220 valence electrons. The molecule has 1 fully saturated rings. The molecule has 0 spiro atoms. The third kappa shape index (κ3) is 8.78. The molecule has 0 bridgehead atoms. The summed E-state index contributed by atoms with van der Waals surface area (Å²) in [5.41, 5.74) is 6.34. The number of alkyl carbamates (subject to hydrolysis) is 1. The van der Waals surface area contributed by atoms with Crippen LogP contribution in [0.25, 0.3) is 0 Å². The van der Waals surface area contributed by atoms with Gasteiger partial charge in [-0.15, -0.1) is 0 Å². The van der Waals surface area contributed by atoms with Crippen LogP contribution < -0.4 is 15.8 Å². The molecular weight excluding hydrogens is 528 g/mol. The molecule has 2 aromatic rings. The standard InChI is InChI=1S/C30H44N4O5S/c1-29(2,3)39-28(36)32-18-11-6-12-19-33-40(37,38)22-21-34-20-17-26(23-34)30(27(31)35,24-13-7-4-8-14-24)25-15-9-5-10-16-25/h4-5,7-10,13-16,26,33H,6,11-12,17-23H2,1-3H3,(H2,31,35)(H,32,36). The Balaban J connectivity index is 1.49. The molecule has 40 heavy (non-hydrogen) atoms. The predicted octanol–water partition coefficient (Wildman–Crippen LogP) is 3.39. The third-order valence-electron chi connectivity index (χ3n) is 7.25. The second-order valence-corrected chi connectivity index (χ2v) is 13.3. The number of benzene rings is 2. The second-order valence-electron chi connectivity index (χ2n) is 11.4. The van der Waals surface area contributed by atoms with Crippen molar-refractivity contribution in [3.05, 3.63) is 71.8 Å². The zero-order chi connectivity index (χ0) is 29.2. The number of hydrogen-bond acceptors (Lipinski definition) is 6. The fourth-order valence-electron chi connectivity index (χ4n) is 5.40. The number of nitrogens with zero attached hydrogens (tertiary/aromatic N) is 1. The van der Waals surface area contributed by atoms with Crippen molar-refractivity contribution in [1.29, 1.82) is 0 Å². The lowest BCUT2D eigenvalue weighted by Gasteiger charge is -2.37. The third-order valence-corrected chi connectivity index (χ3v) is 8.62. The van der Waals surface area contributed by atoms with Crippen molar-refractivity contribution >= 4 is 22.0 Å². The molecule has 1 heterocycles. The normalized spacial score (nSPS) is 16.5. The summed E-state index contributed by atoms with van der Waals surface area (Å²) in [6.07, 6.45) is 2.48. The van der Waals surface area contributed by atoms with Gasteiger partial charge in [0.1, 0.15) is 11.0 Å². The highest BCUT2D eigenvalue weighted by atomic mass is 32.2. The van der Waals surface area contributed by atoms with Crippen LogP contribution in [0.2, 0.25) is 0 Å². The Bertz CT molecular complexity index is 1160. The quantitative estimate of drug-likeness (QED) is 0.298. The summed E-state index contributed by atoms with van der Waals surface area (Å²) in [6.45, 7) is 7.91. The van der Waals surface area contributed by atoms with E-state index in [0.29, 0.717) is 39.1 Å². The van der Waals surface area contributed by atoms with Gasteiger partial charge < -0.3 is 20.7 Å². The monoisotopic (exact) mass is 572 g/mol. The fourth-order valence-corrected chi connectivity index (χ4v) is 6.49. The largest absolute Gasteiger partial charge is 0.444 e. The number of nitrogens with one attached hydrogen (secondary N) is 2. The van der Waals surface area contributed by atoms with Crippen LogP contribution in [0.3, 0.4) is 0 Å². The van der Waals surface area contributed by atoms with Gasteiger partial charge in [0.2, 0.25) is 15.9 Å². The first-order chi connectivity index (χ1) is 18.9. The van der Waals surface area contributed by atoms with Crippen molar-refractivity contribution in [1.82, 2.24) is 14.9 Å². The first kappa shape index (κ1) is 31.6. The maximum absolute atomic E-state index is 13.2. The van der Waals surface area contributed by atoms with E-state index < -0.39 is 33.0 Å². The SMILES string of the molecule is CC(C)(C)OC(=O)NCCCCCNS(=O)(=O)CCN1CCC(C(C(N)=O)(c2ccccc2)c2ccccc2)C1. The van der Waals surface area contributed by atoms with Crippen LogP contribution in [0.15, 0.2) is 60.7 Å². The van der Waals surface area contributed by atoms with Gasteiger partial charge in [0.05, 0.1) is 5.75 Å². The van der Waals surface area contributed by atoms with Gasteiger partial charge in [0.15, 0.2) is 0 Å². The van der Waals surface area contributed by atoms with Gasteiger partial charge in [0, 0.05) is 26.2 Å². The second kappa shape index (κ2) is 14.1. The first-order valence-electron chi connectivity index (χ1n) is 14.0. The van der Waals surface area contributed by atoms with E-state index in [-0.39, 0.29) is 11.7 Å². The molecule has 2 amide bonds. The Kier molecular flexibility index (Phi) is 11.1. The van der Waals surface area contributed by atoms with E-state index in [4.69, 9.17) is 10.5 Å². The van der Waals surface area contributed by atoms with Gasteiger partial charge in [-0.3, -0.25) is 4.79 Å². The number of rotatable bonds is 14. The van der Waals surface area contributed by atoms with E-state index in [1.54, 1.807) is 0 Å². The van der Waals surface area contributed by atoms with Crippen LogP contribution in [-0.4, -0.2) is 69.4 Å². The molecule has 9 nitrogen and oxygen atoms in total. The van der Waals surface area contributed by atoms with E-state index >= 15 is 0 Å². The topological polar surface area (TPSA) is 131 Å². The molecular formula is C30H44N4O5S. The average Bonchev–Trinajstić information content (AvgIpc) is 3.37. The number of unbranched alkanes of at least 4 members (excludes halogenated alkanes) is 2. The summed E-state index contributed by atoms with van der Waals surface area (Å²) in [7, 11) is -3.44. The molecule has 10 heteroatoms. The molecule has 1 unspecified atom stereocenters. The van der Waals surface area contributed by atoms with E-state index in [9.17, 15) is 18.0 Å². The summed E-state index contributed by atoms with van der Waals surface area (Å²) >= 11 is 0. The molecule has 2 aromatic carbocycles. The average molecular weight is 573 g/mol. The lowest BCUT2D eigenvalue weighted by molar-refractivity contribution is -0.123. The lowest BCUT2D eigenvalue weighted by Crippen LogP contribution is -2.49. The Labute approximate surface area is 238 Å². The van der Waals surface area contributed by atoms with E-state index in [1.807, 2.05) is 81.4 Å². The van der Waals surface area contributed by atoms with Crippen LogP contribution in [0.5, 0.6) is 0 Å². The number of ether oxygens (including phenoxy) is 1. The molecule has 0 aliphatic carbocycles. The summed E-state index contributed by atoms with van der Waals surface area (Å²) in [4.78, 5) is 27.0. The van der Waals surface area contributed by atoms with E-state index in [1.165, 1.54) is 0 Å². The maximum atomic E-state index is 13.2. The van der Waals surface area contributed by atoms with Gasteiger partial charge in [0.25, 0.3) is 0 Å². The van der Waals surface area contributed by atoms with E-state index in [2.05, 4.69) is 14.9 Å². The van der Waals surface area contributed by atoms with E-state index in [0.717, 1.165) is 30.4 Å². The molecule has 0 saturated carbocycles. The van der Waals surface area contributed by atoms with Crippen LogP contribution in [0, 0.1) is 5.92 Å². The van der Waals surface area contributed by atoms with Crippen molar-refractivity contribution in [2.75, 3.05) is 38.5 Å². The summed E-state index contributed by atoms with van der Waals surface area (Å²) in [5.74, 6) is -0.493. The van der Waals surface area contributed by atoms with Gasteiger partial charge in [-0.05, 0) is 63.6 Å². The Morgan fingerprint density at radius 1 is 0.950 bits per heavy atom. The Morgan fingerprint density at radius 2 is 1.52 bits per heavy atom. The number of amides is 2. The number of nitrogens with two attached hydrogens (primary N) is 1. The highest BCUT2D eigenvalue weighted by Gasteiger charge is 2.49. The Morgan fingerprint density at radius 3 is 2.08 bits per heavy atom. The molecule has 1 saturated heterocycles. The lowest BCUT2D eigenvalue weighted by atomic mass is 9.64. The van der Waals surface area contributed by atoms with Crippen LogP contribution in [0.1, 0.15) is 57.6 Å². The summed E-state index contributed by atoms with van der Waals surface area (Å²) < 4.78 is 33.2. The molecule has 0 aromatic heterocycles. The van der Waals surface area contributed by atoms with Crippen LogP contribution in [0.4, 0.5) is 4.79 Å². The predicted molar refractivity (Wildman–Crippen MR) is 157 cm³/mol. The maximum Gasteiger partial charge on any atom is 0.407 e. The number of primary amides is 1. The van der Waals surface area contributed by atoms with Crippen molar-refractivity contribution in [2.45, 2.75) is 57.5 Å². The molecule has 1 atom stereocenters. The van der Waals surface area contributed by atoms with Crippen LogP contribution in [-0.2, 0) is 25.0 Å². The number of likely N-dealkylation sites (tertiary alicyclic amines) is 1. The molecule has 1 aliphatic heterocycles. The van der Waals surface area contributed by atoms with Crippen LogP contribution >= 0.6 is 0 Å². The van der Waals surface area contributed by atoms with Crippen molar-refractivity contribution < 1.29 is 22.7 Å². The van der Waals surface area contributed by atoms with Gasteiger partial charge in [-0.1, -0.05) is 67.1 Å². The zero-order valence-electron chi connectivity index (χ0n) is 23.9. The van der Waals surface area contributed by atoms with Crippen molar-refractivity contribution in [2.24, 2.45) is 11.7 Å². The minimum absolute atomic E-state index is 0.0137. The highest BCUT2D eigenvalue weighted by Crippen LogP contribution is 2.43. The first-order valence-corrected chi connectivity index (χ1v) is 15.7. The highest BCUT2D eigenvalue weighted by molar-refractivity contribution is 7.89. The number of carbonyl (C=O) groups excluding carboxylic acids is 2. The fraction of sp³-hybridized carbons (Fsp3) is 0.533. The van der Waals surface area contributed by atoms with Gasteiger partial charge in [-0.25, -0.2) is 17.9 Å². The smallest absolute Gasteiger partial charge is 0.407 e. The Hall–Kier alpha value is -2.95. The number of carbonyl (C=O) groups is 2. The van der Waals surface area contributed by atoms with Gasteiger partial charge >= 0.3 is 6.09 Å². The molecule has 1 aliphatic rings. The summed E-state index contributed by atoms with van der Waals surface area (Å²) in [6, 6.07) is 19.3. The molecule has 0 radical (unpaired) electrons. The molecule has 3 rings (SSSR count).